The molecule has 4 nitrogen and oxygen atoms in total. The van der Waals surface area contributed by atoms with Crippen molar-refractivity contribution in [2.24, 2.45) is 0 Å². The van der Waals surface area contributed by atoms with Gasteiger partial charge in [-0.25, -0.2) is 0 Å². The normalized spacial score (nSPS) is 13.0. The van der Waals surface area contributed by atoms with E-state index in [1.54, 1.807) is 0 Å². The van der Waals surface area contributed by atoms with Gasteiger partial charge >= 0.3 is 0 Å². The topological polar surface area (TPSA) is 50.7 Å². The number of benzene rings is 1. The van der Waals surface area contributed by atoms with Crippen molar-refractivity contribution in [3.05, 3.63) is 52.7 Å². The van der Waals surface area contributed by atoms with E-state index >= 15 is 0 Å². The van der Waals surface area contributed by atoms with Crippen LogP contribution in [-0.4, -0.2) is 21.6 Å². The number of nitrogens with one attached hydrogen (secondary N) is 1. The van der Waals surface area contributed by atoms with Gasteiger partial charge in [0, 0.05) is 11.6 Å². The molecule has 3 rings (SSSR count). The molecule has 0 aliphatic heterocycles. The minimum Gasteiger partial charge on any atom is -0.309 e. The van der Waals surface area contributed by atoms with Crippen LogP contribution in [0.25, 0.3) is 10.9 Å². The molecule has 1 aromatic carbocycles. The van der Waals surface area contributed by atoms with Crippen LogP contribution in [0.3, 0.4) is 0 Å². The van der Waals surface area contributed by atoms with Gasteiger partial charge in [0.1, 0.15) is 0 Å². The number of aromatic nitrogens is 3. The van der Waals surface area contributed by atoms with Crippen LogP contribution in [0.15, 0.2) is 36.5 Å². The second kappa shape index (κ2) is 5.87. The lowest BCUT2D eigenvalue weighted by atomic mass is 9.99. The number of rotatable bonds is 4. The molecule has 5 heteroatoms. The van der Waals surface area contributed by atoms with Gasteiger partial charge in [-0.15, -0.1) is 5.10 Å². The van der Waals surface area contributed by atoms with Crippen LogP contribution in [0.4, 0.5) is 0 Å². The second-order valence-corrected chi connectivity index (χ2v) is 6.14. The Hall–Kier alpha value is -1.85. The first-order valence-corrected chi connectivity index (χ1v) is 7.82. The van der Waals surface area contributed by atoms with E-state index in [2.05, 4.69) is 58.0 Å². The molecule has 2 heterocycles. The fourth-order valence-electron chi connectivity index (χ4n) is 2.52. The van der Waals surface area contributed by atoms with Crippen molar-refractivity contribution in [2.45, 2.75) is 25.8 Å². The molecule has 108 valence electrons. The lowest BCUT2D eigenvalue weighted by Gasteiger charge is -2.17. The van der Waals surface area contributed by atoms with E-state index in [1.165, 1.54) is 22.0 Å². The van der Waals surface area contributed by atoms with Gasteiger partial charge in [0.05, 0.1) is 22.1 Å². The summed E-state index contributed by atoms with van der Waals surface area (Å²) < 4.78 is 4.14. The Labute approximate surface area is 128 Å². The third-order valence-corrected chi connectivity index (χ3v) is 4.41. The molecule has 1 atom stereocenters. The molecule has 1 N–H and O–H groups in total. The lowest BCUT2D eigenvalue weighted by molar-refractivity contribution is 0.679. The first-order chi connectivity index (χ1) is 10.2. The van der Waals surface area contributed by atoms with Crippen LogP contribution >= 0.6 is 11.5 Å². The predicted octanol–water partition coefficient (Wildman–Crippen LogP) is 3.52. The first kappa shape index (κ1) is 14.1. The zero-order valence-corrected chi connectivity index (χ0v) is 13.2. The summed E-state index contributed by atoms with van der Waals surface area (Å²) in [6.45, 7) is 4.30. The maximum absolute atomic E-state index is 4.44. The zero-order chi connectivity index (χ0) is 14.8. The molecule has 1 unspecified atom stereocenters. The van der Waals surface area contributed by atoms with E-state index < -0.39 is 0 Å². The molecular formula is C16H18N4S. The van der Waals surface area contributed by atoms with Crippen molar-refractivity contribution in [3.63, 3.8) is 0 Å². The molecule has 0 saturated carbocycles. The van der Waals surface area contributed by atoms with Crippen molar-refractivity contribution in [1.29, 1.82) is 0 Å². The molecule has 0 fully saturated rings. The van der Waals surface area contributed by atoms with Crippen molar-refractivity contribution < 1.29 is 0 Å². The van der Waals surface area contributed by atoms with Gasteiger partial charge in [-0.3, -0.25) is 4.98 Å². The Morgan fingerprint density at radius 1 is 1.19 bits per heavy atom. The smallest absolute Gasteiger partial charge is 0.0832 e. The highest BCUT2D eigenvalue weighted by atomic mass is 32.1. The van der Waals surface area contributed by atoms with E-state index in [4.69, 9.17) is 0 Å². The molecule has 3 aromatic rings. The summed E-state index contributed by atoms with van der Waals surface area (Å²) in [6, 6.07) is 10.5. The largest absolute Gasteiger partial charge is 0.309 e. The average molecular weight is 298 g/mol. The molecule has 0 spiro atoms. The second-order valence-electron chi connectivity index (χ2n) is 5.35. The molecule has 0 aliphatic carbocycles. The SMILES string of the molecule is CNC(c1ccc2cccnc2c1)c1snnc1C(C)C. The third kappa shape index (κ3) is 2.66. The highest BCUT2D eigenvalue weighted by Crippen LogP contribution is 2.31. The van der Waals surface area contributed by atoms with Gasteiger partial charge < -0.3 is 5.32 Å². The van der Waals surface area contributed by atoms with Crippen molar-refractivity contribution in [2.75, 3.05) is 7.05 Å². The van der Waals surface area contributed by atoms with Crippen LogP contribution in [0.1, 0.15) is 41.9 Å². The van der Waals surface area contributed by atoms with Crippen LogP contribution in [0, 0.1) is 0 Å². The average Bonchev–Trinajstić information content (AvgIpc) is 2.97. The molecule has 0 radical (unpaired) electrons. The molecule has 21 heavy (non-hydrogen) atoms. The van der Waals surface area contributed by atoms with Gasteiger partial charge in [0.2, 0.25) is 0 Å². The molecular weight excluding hydrogens is 280 g/mol. The summed E-state index contributed by atoms with van der Waals surface area (Å²) in [6.07, 6.45) is 1.83. The van der Waals surface area contributed by atoms with E-state index in [0.717, 1.165) is 16.6 Å². The Balaban J connectivity index is 2.07. The summed E-state index contributed by atoms with van der Waals surface area (Å²) in [4.78, 5) is 5.62. The maximum atomic E-state index is 4.44. The van der Waals surface area contributed by atoms with Gasteiger partial charge in [-0.1, -0.05) is 36.5 Å². The molecule has 0 aliphatic rings. The first-order valence-electron chi connectivity index (χ1n) is 7.04. The number of hydrogen-bond donors (Lipinski definition) is 1. The van der Waals surface area contributed by atoms with E-state index in [0.29, 0.717) is 5.92 Å². The molecule has 0 saturated heterocycles. The van der Waals surface area contributed by atoms with E-state index in [-0.39, 0.29) is 6.04 Å². The van der Waals surface area contributed by atoms with Crippen LogP contribution in [0.5, 0.6) is 0 Å². The quantitative estimate of drug-likeness (QED) is 0.800. The number of nitrogens with zero attached hydrogens (tertiary/aromatic N) is 3. The number of hydrogen-bond acceptors (Lipinski definition) is 5. The van der Waals surface area contributed by atoms with Gasteiger partial charge in [0.15, 0.2) is 0 Å². The third-order valence-electron chi connectivity index (χ3n) is 3.60. The minimum absolute atomic E-state index is 0.105. The van der Waals surface area contributed by atoms with Gasteiger partial charge in [0.25, 0.3) is 0 Å². The highest BCUT2D eigenvalue weighted by Gasteiger charge is 2.21. The number of fused-ring (bicyclic) bond motifs is 1. The summed E-state index contributed by atoms with van der Waals surface area (Å²) in [5.41, 5.74) is 3.27. The van der Waals surface area contributed by atoms with Crippen molar-refractivity contribution >= 4 is 22.4 Å². The Bertz CT molecular complexity index is 751. The summed E-state index contributed by atoms with van der Waals surface area (Å²) >= 11 is 1.47. The zero-order valence-electron chi connectivity index (χ0n) is 12.4. The van der Waals surface area contributed by atoms with Crippen molar-refractivity contribution in [3.8, 4) is 0 Å². The fraction of sp³-hybridized carbons (Fsp3) is 0.312. The van der Waals surface area contributed by atoms with Gasteiger partial charge in [-0.2, -0.15) is 0 Å². The van der Waals surface area contributed by atoms with E-state index in [9.17, 15) is 0 Å². The van der Waals surface area contributed by atoms with Gasteiger partial charge in [-0.05, 0) is 42.2 Å². The van der Waals surface area contributed by atoms with Crippen LogP contribution < -0.4 is 5.32 Å². The Kier molecular flexibility index (Phi) is 3.94. The van der Waals surface area contributed by atoms with E-state index in [1.807, 2.05) is 19.3 Å². The summed E-state index contributed by atoms with van der Waals surface area (Å²) in [5.74, 6) is 0.369. The molecule has 0 amide bonds. The van der Waals surface area contributed by atoms with Crippen LogP contribution in [-0.2, 0) is 0 Å². The molecule has 0 bridgehead atoms. The Morgan fingerprint density at radius 2 is 2.05 bits per heavy atom. The monoisotopic (exact) mass is 298 g/mol. The molecule has 2 aromatic heterocycles. The standard InChI is InChI=1S/C16H18N4S/c1-10(2)14-16(21-20-19-14)15(17-3)12-7-6-11-5-4-8-18-13(11)9-12/h4-10,15,17H,1-3H3. The Morgan fingerprint density at radius 3 is 2.81 bits per heavy atom. The summed E-state index contributed by atoms with van der Waals surface area (Å²) in [5, 5.41) is 8.82. The minimum atomic E-state index is 0.105. The van der Waals surface area contributed by atoms with Crippen LogP contribution in [0.2, 0.25) is 0 Å². The predicted molar refractivity (Wildman–Crippen MR) is 86.6 cm³/mol. The fourth-order valence-corrected chi connectivity index (χ4v) is 3.46. The number of pyridine rings is 1. The maximum Gasteiger partial charge on any atom is 0.0832 e. The lowest BCUT2D eigenvalue weighted by Crippen LogP contribution is -2.18. The van der Waals surface area contributed by atoms with Crippen molar-refractivity contribution in [1.82, 2.24) is 19.9 Å². The highest BCUT2D eigenvalue weighted by molar-refractivity contribution is 7.05. The summed E-state index contributed by atoms with van der Waals surface area (Å²) in [7, 11) is 1.97.